The molecule has 15 nitrogen and oxygen atoms in total. The number of carbonyl (C=O) groups excluding carboxylic acids is 1. The maximum atomic E-state index is 14.4. The van der Waals surface area contributed by atoms with E-state index in [1.54, 1.807) is 18.2 Å². The summed E-state index contributed by atoms with van der Waals surface area (Å²) in [4.78, 5) is 25.4. The summed E-state index contributed by atoms with van der Waals surface area (Å²) in [7, 11) is -2.95. The molecule has 0 amide bonds. The highest BCUT2D eigenvalue weighted by Crippen LogP contribution is 2.48. The summed E-state index contributed by atoms with van der Waals surface area (Å²) < 4.78 is 44.6. The molecule has 2 aliphatic rings. The Labute approximate surface area is 264 Å². The van der Waals surface area contributed by atoms with Gasteiger partial charge in [-0.15, -0.1) is 0 Å². The second-order valence-corrected chi connectivity index (χ2v) is 13.4. The van der Waals surface area contributed by atoms with Crippen LogP contribution in [0.4, 0.5) is 5.95 Å². The molecule has 0 spiro atoms. The highest BCUT2D eigenvalue weighted by atomic mass is 31.2. The molecule has 1 aliphatic carbocycles. The van der Waals surface area contributed by atoms with Gasteiger partial charge in [-0.05, 0) is 51.0 Å². The van der Waals surface area contributed by atoms with E-state index >= 15 is 0 Å². The summed E-state index contributed by atoms with van der Waals surface area (Å²) in [6.07, 6.45) is 0.709. The molecule has 3 heterocycles. The molecular weight excluding hydrogens is 619 g/mol. The maximum Gasteiger partial charge on any atom is 0.459 e. The number of anilines is 1. The van der Waals surface area contributed by atoms with E-state index in [0.29, 0.717) is 5.39 Å². The summed E-state index contributed by atoms with van der Waals surface area (Å²) in [6, 6.07) is 11.5. The van der Waals surface area contributed by atoms with Gasteiger partial charge in [-0.2, -0.15) is 15.1 Å². The molecular formula is C30H37N6O9P. The zero-order chi connectivity index (χ0) is 32.6. The highest BCUT2D eigenvalue weighted by molar-refractivity contribution is 7.52. The fourth-order valence-electron chi connectivity index (χ4n) is 5.83. The molecule has 6 rings (SSSR count). The van der Waals surface area contributed by atoms with Crippen molar-refractivity contribution in [1.29, 1.82) is 0 Å². The number of imidazole rings is 1. The number of benzene rings is 2. The lowest BCUT2D eigenvalue weighted by atomic mass is 9.96. The van der Waals surface area contributed by atoms with Crippen LogP contribution in [-0.2, 0) is 23.4 Å². The Morgan fingerprint density at radius 1 is 1.22 bits per heavy atom. The second kappa shape index (κ2) is 12.7. The monoisotopic (exact) mass is 656 g/mol. The third kappa shape index (κ3) is 6.26. The summed E-state index contributed by atoms with van der Waals surface area (Å²) >= 11 is 0. The molecule has 46 heavy (non-hydrogen) atoms. The number of hydrogen-bond donors (Lipinski definition) is 4. The number of carbonyl (C=O) groups is 1. The third-order valence-electron chi connectivity index (χ3n) is 8.27. The molecule has 5 N–H and O–H groups in total. The number of aliphatic hydroxyl groups excluding tert-OH is 1. The van der Waals surface area contributed by atoms with Crippen LogP contribution in [0.3, 0.4) is 0 Å². The normalized spacial score (nSPS) is 25.5. The van der Waals surface area contributed by atoms with Crippen molar-refractivity contribution >= 4 is 41.6 Å². The van der Waals surface area contributed by atoms with E-state index in [1.165, 1.54) is 31.9 Å². The van der Waals surface area contributed by atoms with E-state index in [4.69, 9.17) is 29.0 Å². The number of aliphatic hydroxyl groups is 2. The summed E-state index contributed by atoms with van der Waals surface area (Å²) in [5, 5.41) is 26.8. The number of nitrogens with two attached hydrogens (primary N) is 1. The molecule has 1 aliphatic heterocycles. The van der Waals surface area contributed by atoms with Crippen molar-refractivity contribution < 1.29 is 42.8 Å². The van der Waals surface area contributed by atoms with E-state index in [-0.39, 0.29) is 34.8 Å². The minimum absolute atomic E-state index is 0.0950. The Balaban J connectivity index is 1.25. The number of hydrogen-bond acceptors (Lipinski definition) is 13. The first kappa shape index (κ1) is 32.1. The van der Waals surface area contributed by atoms with Gasteiger partial charge < -0.3 is 34.7 Å². The lowest BCUT2D eigenvalue weighted by Crippen LogP contribution is -2.44. The molecule has 2 aromatic heterocycles. The highest BCUT2D eigenvalue weighted by Gasteiger charge is 2.54. The van der Waals surface area contributed by atoms with Gasteiger partial charge in [0.25, 0.3) is 0 Å². The molecule has 1 saturated heterocycles. The number of methoxy groups -OCH3 is 1. The van der Waals surface area contributed by atoms with Crippen LogP contribution >= 0.6 is 7.75 Å². The first-order chi connectivity index (χ1) is 22.0. The number of aromatic nitrogens is 4. The number of fused-ring (bicyclic) bond motifs is 2. The Bertz CT molecular complexity index is 1770. The van der Waals surface area contributed by atoms with Crippen molar-refractivity contribution in [3.8, 4) is 11.6 Å². The molecule has 2 fully saturated rings. The van der Waals surface area contributed by atoms with Gasteiger partial charge in [-0.3, -0.25) is 13.9 Å². The van der Waals surface area contributed by atoms with Crippen molar-refractivity contribution in [3.05, 3.63) is 48.8 Å². The molecule has 0 bridgehead atoms. The number of rotatable bonds is 11. The van der Waals surface area contributed by atoms with E-state index in [2.05, 4.69) is 20.0 Å². The first-order valence-corrected chi connectivity index (χ1v) is 16.5. The predicted molar refractivity (Wildman–Crippen MR) is 166 cm³/mol. The van der Waals surface area contributed by atoms with Gasteiger partial charge in [-0.1, -0.05) is 36.4 Å². The predicted octanol–water partition coefficient (Wildman–Crippen LogP) is 3.25. The minimum atomic E-state index is -4.35. The molecule has 6 atom stereocenters. The topological polar surface area (TPSA) is 202 Å². The largest absolute Gasteiger partial charge is 0.479 e. The van der Waals surface area contributed by atoms with Crippen molar-refractivity contribution in [1.82, 2.24) is 24.6 Å². The number of nitrogen functional groups attached to an aromatic ring is 1. The Morgan fingerprint density at radius 3 is 2.72 bits per heavy atom. The van der Waals surface area contributed by atoms with Gasteiger partial charge in [0.15, 0.2) is 17.4 Å². The summed E-state index contributed by atoms with van der Waals surface area (Å²) in [6.45, 7) is 2.38. The van der Waals surface area contributed by atoms with E-state index < -0.39 is 50.4 Å². The molecule has 0 radical (unpaired) electrons. The van der Waals surface area contributed by atoms with Crippen molar-refractivity contribution in [2.24, 2.45) is 0 Å². The third-order valence-corrected chi connectivity index (χ3v) is 9.90. The minimum Gasteiger partial charge on any atom is -0.479 e. The van der Waals surface area contributed by atoms with Crippen molar-refractivity contribution in [3.63, 3.8) is 0 Å². The number of nitrogens with zero attached hydrogens (tertiary/aromatic N) is 4. The SMILES string of the molecule is COc1nc(N)nc2c1ncn2C1OC(COP(=O)(NC(C)C(=O)OC2CCCC2)Oc2cccc3ccccc23)C(O)C1(C)O. The van der Waals surface area contributed by atoms with Crippen LogP contribution in [0.1, 0.15) is 45.8 Å². The Kier molecular flexibility index (Phi) is 8.89. The molecule has 16 heteroatoms. The van der Waals surface area contributed by atoms with Gasteiger partial charge >= 0.3 is 13.7 Å². The molecule has 4 aromatic rings. The van der Waals surface area contributed by atoms with Gasteiger partial charge in [0.2, 0.25) is 11.8 Å². The molecule has 2 aromatic carbocycles. The van der Waals surface area contributed by atoms with Gasteiger partial charge in [-0.25, -0.2) is 9.55 Å². The number of ether oxygens (including phenoxy) is 3. The van der Waals surface area contributed by atoms with E-state index in [0.717, 1.165) is 31.1 Å². The molecule has 246 valence electrons. The first-order valence-electron chi connectivity index (χ1n) is 15.0. The fraction of sp³-hybridized carbons (Fsp3) is 0.467. The lowest BCUT2D eigenvalue weighted by molar-refractivity contribution is -0.150. The van der Waals surface area contributed by atoms with Crippen molar-refractivity contribution in [2.75, 3.05) is 19.5 Å². The number of nitrogens with one attached hydrogen (secondary N) is 1. The molecule has 1 saturated carbocycles. The zero-order valence-corrected chi connectivity index (χ0v) is 26.5. The van der Waals surface area contributed by atoms with Crippen LogP contribution in [0.15, 0.2) is 48.8 Å². The average Bonchev–Trinajstić information content (AvgIpc) is 3.75. The van der Waals surface area contributed by atoms with Gasteiger partial charge in [0.05, 0.1) is 20.0 Å². The van der Waals surface area contributed by atoms with Crippen LogP contribution in [0, 0.1) is 0 Å². The van der Waals surface area contributed by atoms with Crippen LogP contribution in [0.25, 0.3) is 21.9 Å². The molecule has 6 unspecified atom stereocenters. The van der Waals surface area contributed by atoms with Crippen LogP contribution in [0.5, 0.6) is 11.6 Å². The second-order valence-electron chi connectivity index (χ2n) is 11.7. The Morgan fingerprint density at radius 2 is 1.96 bits per heavy atom. The smallest absolute Gasteiger partial charge is 0.459 e. The Hall–Kier alpha value is -3.85. The van der Waals surface area contributed by atoms with Crippen molar-refractivity contribution in [2.45, 2.75) is 75.7 Å². The van der Waals surface area contributed by atoms with Gasteiger partial charge in [0.1, 0.15) is 35.7 Å². The lowest BCUT2D eigenvalue weighted by Gasteiger charge is -2.27. The van der Waals surface area contributed by atoms with E-state index in [1.807, 2.05) is 24.3 Å². The average molecular weight is 657 g/mol. The van der Waals surface area contributed by atoms with Crippen LogP contribution in [0.2, 0.25) is 0 Å². The quantitative estimate of drug-likeness (QED) is 0.135. The fourth-order valence-corrected chi connectivity index (χ4v) is 7.35. The van der Waals surface area contributed by atoms with Crippen LogP contribution < -0.4 is 20.1 Å². The summed E-state index contributed by atoms with van der Waals surface area (Å²) in [5.41, 5.74) is 4.42. The van der Waals surface area contributed by atoms with E-state index in [9.17, 15) is 19.6 Å². The van der Waals surface area contributed by atoms with Gasteiger partial charge in [0, 0.05) is 5.39 Å². The number of esters is 1. The zero-order valence-electron chi connectivity index (χ0n) is 25.6. The standard InChI is InChI=1S/C30H37N6O9P/c1-17(27(38)43-19-11-5-6-12-19)35-46(40,45-21-14-8-10-18-9-4-7-13-20(18)21)42-15-22-24(37)30(2,39)28(44-22)36-16-32-23-25(36)33-29(31)34-26(23)41-3/h4,7-10,13-14,16-17,19,22,24,28,37,39H,5-6,11-12,15H2,1-3H3,(H,35,40)(H2,31,33,34). The maximum absolute atomic E-state index is 14.4. The summed E-state index contributed by atoms with van der Waals surface area (Å²) in [5.74, 6) is -0.319. The van der Waals surface area contributed by atoms with Crippen LogP contribution in [-0.4, -0.2) is 79.4 Å².